The third-order valence-corrected chi connectivity index (χ3v) is 6.03. The van der Waals surface area contributed by atoms with Crippen molar-refractivity contribution in [2.75, 3.05) is 25.5 Å². The summed E-state index contributed by atoms with van der Waals surface area (Å²) in [5, 5.41) is 3.15. The second-order valence-corrected chi connectivity index (χ2v) is 7.95. The minimum Gasteiger partial charge on any atom is -0.373 e. The van der Waals surface area contributed by atoms with E-state index in [0.29, 0.717) is 11.7 Å². The van der Waals surface area contributed by atoms with Crippen LogP contribution in [0.3, 0.4) is 0 Å². The molecule has 1 atom stereocenters. The molecule has 6 nitrogen and oxygen atoms in total. The van der Waals surface area contributed by atoms with E-state index in [1.165, 1.54) is 19.3 Å². The maximum absolute atomic E-state index is 13.0. The van der Waals surface area contributed by atoms with E-state index >= 15 is 0 Å². The molecule has 0 aromatic carbocycles. The fraction of sp³-hybridized carbons (Fsp3) is 0.545. The average Bonchev–Trinajstić information content (AvgIpc) is 2.79. The second-order valence-electron chi connectivity index (χ2n) is 7.95. The van der Waals surface area contributed by atoms with Gasteiger partial charge in [0.1, 0.15) is 5.82 Å². The first-order valence-corrected chi connectivity index (χ1v) is 10.5. The van der Waals surface area contributed by atoms with Crippen LogP contribution in [0.25, 0.3) is 11.4 Å². The van der Waals surface area contributed by atoms with Gasteiger partial charge in [0.15, 0.2) is 5.82 Å². The molecular formula is C22H29N5O. The van der Waals surface area contributed by atoms with Crippen LogP contribution in [-0.4, -0.2) is 45.9 Å². The Bertz CT molecular complexity index is 804. The number of rotatable bonds is 4. The molecular weight excluding hydrogens is 350 g/mol. The summed E-state index contributed by atoms with van der Waals surface area (Å²) < 4.78 is 0. The molecule has 4 rings (SSSR count). The number of likely N-dealkylation sites (tertiary alicyclic amines) is 1. The summed E-state index contributed by atoms with van der Waals surface area (Å²) in [6.07, 6.45) is 11.4. The van der Waals surface area contributed by atoms with Gasteiger partial charge in [-0.1, -0.05) is 19.3 Å². The summed E-state index contributed by atoms with van der Waals surface area (Å²) >= 11 is 0. The van der Waals surface area contributed by atoms with Crippen LogP contribution in [0.2, 0.25) is 0 Å². The molecule has 28 heavy (non-hydrogen) atoms. The maximum atomic E-state index is 13.0. The lowest BCUT2D eigenvalue weighted by molar-refractivity contribution is -0.137. The number of pyridine rings is 1. The van der Waals surface area contributed by atoms with Crippen LogP contribution in [0.4, 0.5) is 5.82 Å². The van der Waals surface area contributed by atoms with E-state index in [9.17, 15) is 4.79 Å². The van der Waals surface area contributed by atoms with Gasteiger partial charge in [-0.15, -0.1) is 0 Å². The monoisotopic (exact) mass is 379 g/mol. The third kappa shape index (κ3) is 4.16. The lowest BCUT2D eigenvalue weighted by Gasteiger charge is -2.35. The van der Waals surface area contributed by atoms with Crippen molar-refractivity contribution >= 4 is 11.7 Å². The quantitative estimate of drug-likeness (QED) is 0.873. The largest absolute Gasteiger partial charge is 0.373 e. The van der Waals surface area contributed by atoms with Gasteiger partial charge in [0.05, 0.1) is 5.69 Å². The smallest absolute Gasteiger partial charge is 0.225 e. The van der Waals surface area contributed by atoms with Gasteiger partial charge in [-0.2, -0.15) is 0 Å². The summed E-state index contributed by atoms with van der Waals surface area (Å²) in [6, 6.07) is 5.90. The summed E-state index contributed by atoms with van der Waals surface area (Å²) in [6.45, 7) is 1.65. The molecule has 2 aromatic heterocycles. The standard InChI is InChI=1S/C22H29N5O/c1-23-20-13-19(25-21(26-20)17-9-5-11-24-14-17)18-10-6-12-27(15-18)22(28)16-7-3-2-4-8-16/h5,9,11,13-14,16,18H,2-4,6-8,10,12,15H2,1H3,(H,23,25,26)/t18-/m0/s1. The highest BCUT2D eigenvalue weighted by molar-refractivity contribution is 5.79. The zero-order valence-electron chi connectivity index (χ0n) is 16.6. The topological polar surface area (TPSA) is 71.0 Å². The van der Waals surface area contributed by atoms with Crippen LogP contribution in [-0.2, 0) is 4.79 Å². The number of carbonyl (C=O) groups excluding carboxylic acids is 1. The van der Waals surface area contributed by atoms with Crippen LogP contribution in [0.1, 0.15) is 56.6 Å². The van der Waals surface area contributed by atoms with Crippen LogP contribution < -0.4 is 5.32 Å². The number of aromatic nitrogens is 3. The van der Waals surface area contributed by atoms with Crippen LogP contribution in [0.5, 0.6) is 0 Å². The van der Waals surface area contributed by atoms with Gasteiger partial charge >= 0.3 is 0 Å². The molecule has 2 fully saturated rings. The minimum atomic E-state index is 0.233. The van der Waals surface area contributed by atoms with Crippen molar-refractivity contribution in [1.82, 2.24) is 19.9 Å². The van der Waals surface area contributed by atoms with E-state index in [1.807, 2.05) is 25.2 Å². The van der Waals surface area contributed by atoms with Gasteiger partial charge < -0.3 is 10.2 Å². The molecule has 0 radical (unpaired) electrons. The molecule has 1 N–H and O–H groups in total. The number of amides is 1. The van der Waals surface area contributed by atoms with Crippen LogP contribution in [0.15, 0.2) is 30.6 Å². The van der Waals surface area contributed by atoms with Crippen molar-refractivity contribution in [2.45, 2.75) is 50.9 Å². The number of carbonyl (C=O) groups is 1. The van der Waals surface area contributed by atoms with Crippen molar-refractivity contribution in [1.29, 1.82) is 0 Å². The first-order valence-electron chi connectivity index (χ1n) is 10.5. The summed E-state index contributed by atoms with van der Waals surface area (Å²) in [5.74, 6) is 2.34. The molecule has 148 valence electrons. The fourth-order valence-corrected chi connectivity index (χ4v) is 4.45. The molecule has 0 unspecified atom stereocenters. The van der Waals surface area contributed by atoms with Gasteiger partial charge in [0.2, 0.25) is 5.91 Å². The van der Waals surface area contributed by atoms with E-state index in [2.05, 4.69) is 20.2 Å². The first kappa shape index (κ1) is 18.8. The highest BCUT2D eigenvalue weighted by Gasteiger charge is 2.31. The number of anilines is 1. The molecule has 0 bridgehead atoms. The van der Waals surface area contributed by atoms with Gasteiger partial charge in [0, 0.05) is 56.0 Å². The summed E-state index contributed by atoms with van der Waals surface area (Å²) in [7, 11) is 1.87. The fourth-order valence-electron chi connectivity index (χ4n) is 4.45. The van der Waals surface area contributed by atoms with E-state index in [-0.39, 0.29) is 11.8 Å². The highest BCUT2D eigenvalue weighted by atomic mass is 16.2. The molecule has 6 heteroatoms. The Morgan fingerprint density at radius 2 is 2.00 bits per heavy atom. The molecule has 2 aliphatic rings. The number of hydrogen-bond acceptors (Lipinski definition) is 5. The predicted octanol–water partition coefficient (Wildman–Crippen LogP) is 3.87. The van der Waals surface area contributed by atoms with Crippen molar-refractivity contribution in [3.63, 3.8) is 0 Å². The van der Waals surface area contributed by atoms with Crippen molar-refractivity contribution in [2.24, 2.45) is 5.92 Å². The number of piperidine rings is 1. The van der Waals surface area contributed by atoms with E-state index in [1.54, 1.807) is 12.4 Å². The number of nitrogens with one attached hydrogen (secondary N) is 1. The Hall–Kier alpha value is -2.50. The Balaban J connectivity index is 1.55. The van der Waals surface area contributed by atoms with Gasteiger partial charge in [0.25, 0.3) is 0 Å². The lowest BCUT2D eigenvalue weighted by atomic mass is 9.86. The Labute approximate surface area is 166 Å². The molecule has 1 amide bonds. The molecule has 3 heterocycles. The van der Waals surface area contributed by atoms with Crippen molar-refractivity contribution in [3.8, 4) is 11.4 Å². The predicted molar refractivity (Wildman–Crippen MR) is 110 cm³/mol. The van der Waals surface area contributed by atoms with E-state index < -0.39 is 0 Å². The van der Waals surface area contributed by atoms with E-state index in [4.69, 9.17) is 4.98 Å². The Morgan fingerprint density at radius 3 is 2.75 bits per heavy atom. The Morgan fingerprint density at radius 1 is 1.14 bits per heavy atom. The normalized spacial score (nSPS) is 20.8. The Kier molecular flexibility index (Phi) is 5.84. The molecule has 1 saturated heterocycles. The average molecular weight is 380 g/mol. The zero-order valence-corrected chi connectivity index (χ0v) is 16.6. The van der Waals surface area contributed by atoms with Gasteiger partial charge in [-0.25, -0.2) is 9.97 Å². The van der Waals surface area contributed by atoms with Crippen LogP contribution >= 0.6 is 0 Å². The highest BCUT2D eigenvalue weighted by Crippen LogP contribution is 2.31. The van der Waals surface area contributed by atoms with Crippen molar-refractivity contribution < 1.29 is 4.79 Å². The van der Waals surface area contributed by atoms with Crippen LogP contribution in [0, 0.1) is 5.92 Å². The summed E-state index contributed by atoms with van der Waals surface area (Å²) in [5.41, 5.74) is 1.92. The second kappa shape index (κ2) is 8.67. The maximum Gasteiger partial charge on any atom is 0.225 e. The molecule has 2 aromatic rings. The number of hydrogen-bond donors (Lipinski definition) is 1. The molecule has 1 aliphatic carbocycles. The van der Waals surface area contributed by atoms with Crippen molar-refractivity contribution in [3.05, 3.63) is 36.3 Å². The third-order valence-electron chi connectivity index (χ3n) is 6.03. The zero-order chi connectivity index (χ0) is 19.3. The lowest BCUT2D eigenvalue weighted by Crippen LogP contribution is -2.43. The minimum absolute atomic E-state index is 0.233. The van der Waals surface area contributed by atoms with Gasteiger partial charge in [-0.05, 0) is 37.8 Å². The molecule has 1 saturated carbocycles. The van der Waals surface area contributed by atoms with E-state index in [0.717, 1.165) is 55.8 Å². The number of nitrogens with zero attached hydrogens (tertiary/aromatic N) is 4. The van der Waals surface area contributed by atoms with Gasteiger partial charge in [-0.3, -0.25) is 9.78 Å². The molecule has 0 spiro atoms. The summed E-state index contributed by atoms with van der Waals surface area (Å²) in [4.78, 5) is 28.8. The first-order chi connectivity index (χ1) is 13.7. The SMILES string of the molecule is CNc1cc([C@H]2CCCN(C(=O)C3CCCCC3)C2)nc(-c2cccnc2)n1. The molecule has 1 aliphatic heterocycles.